The smallest absolute Gasteiger partial charge is 0.258 e. The summed E-state index contributed by atoms with van der Waals surface area (Å²) in [5.41, 5.74) is 4.47. The summed E-state index contributed by atoms with van der Waals surface area (Å²) in [6, 6.07) is 17.1. The van der Waals surface area contributed by atoms with E-state index in [0.29, 0.717) is 36.1 Å². The molecule has 5 aromatic rings. The second-order valence-corrected chi connectivity index (χ2v) is 13.1. The van der Waals surface area contributed by atoms with E-state index in [1.165, 1.54) is 16.9 Å². The summed E-state index contributed by atoms with van der Waals surface area (Å²) >= 11 is 0. The summed E-state index contributed by atoms with van der Waals surface area (Å²) in [6.45, 7) is 5.04. The van der Waals surface area contributed by atoms with Crippen molar-refractivity contribution in [2.45, 2.75) is 51.9 Å². The lowest BCUT2D eigenvalue weighted by Crippen LogP contribution is -2.48. The first kappa shape index (κ1) is 31.6. The average Bonchev–Trinajstić information content (AvgIpc) is 3.94. The van der Waals surface area contributed by atoms with Crippen LogP contribution in [0.2, 0.25) is 0 Å². The predicted octanol–water partition coefficient (Wildman–Crippen LogP) is 5.04. The Hall–Kier alpha value is -5.40. The Morgan fingerprint density at radius 1 is 1.06 bits per heavy atom. The maximum absolute atomic E-state index is 13.8. The molecule has 264 valence electrons. The van der Waals surface area contributed by atoms with Crippen LogP contribution >= 0.6 is 0 Å². The molecule has 0 bridgehead atoms. The van der Waals surface area contributed by atoms with E-state index in [0.717, 1.165) is 39.7 Å². The number of nitrogens with one attached hydrogen (secondary N) is 2. The normalized spacial score (nSPS) is 18.8. The molecule has 7 rings (SSSR count). The number of H-pyrrole nitrogens is 1. The van der Waals surface area contributed by atoms with Crippen LogP contribution in [0.25, 0.3) is 39.1 Å². The van der Waals surface area contributed by atoms with Crippen LogP contribution in [0.1, 0.15) is 41.9 Å². The van der Waals surface area contributed by atoms with Gasteiger partial charge >= 0.3 is 0 Å². The molecule has 1 fully saturated rings. The van der Waals surface area contributed by atoms with Crippen molar-refractivity contribution >= 4 is 34.0 Å². The maximum atomic E-state index is 13.8. The fourth-order valence-corrected chi connectivity index (χ4v) is 6.44. The van der Waals surface area contributed by atoms with Crippen LogP contribution in [-0.4, -0.2) is 103 Å². The molecular formula is C38H43N9O4. The van der Waals surface area contributed by atoms with Crippen LogP contribution in [0.4, 0.5) is 5.69 Å². The number of nitrogens with zero attached hydrogens (tertiary/aromatic N) is 7. The molecule has 0 saturated carbocycles. The van der Waals surface area contributed by atoms with E-state index in [2.05, 4.69) is 30.6 Å². The molecule has 5 heterocycles. The van der Waals surface area contributed by atoms with E-state index < -0.39 is 23.9 Å². The molecule has 2 aliphatic heterocycles. The highest BCUT2D eigenvalue weighted by Crippen LogP contribution is 2.32. The minimum Gasteiger partial charge on any atom is -0.475 e. The molecule has 13 heteroatoms. The third kappa shape index (κ3) is 7.26. The number of carbonyl (C=O) groups is 2. The number of aromatic nitrogens is 6. The zero-order chi connectivity index (χ0) is 37.3. The molecule has 2 aliphatic rings. The first-order valence-electron chi connectivity index (χ1n) is 18.2. The van der Waals surface area contributed by atoms with E-state index in [9.17, 15) is 9.59 Å². The average molecular weight is 692 g/mol. The largest absolute Gasteiger partial charge is 0.475 e. The van der Waals surface area contributed by atoms with Crippen LogP contribution in [-0.2, 0) is 20.9 Å². The first-order chi connectivity index (χ1) is 25.5. The van der Waals surface area contributed by atoms with Gasteiger partial charge in [0, 0.05) is 74.3 Å². The number of likely N-dealkylation sites (tertiary alicyclic amines) is 1. The number of ether oxygens (including phenoxy) is 2. The molecule has 0 aliphatic carbocycles. The van der Waals surface area contributed by atoms with Crippen molar-refractivity contribution in [1.29, 1.82) is 0 Å². The standard InChI is InChI=1S/C38H43N9O4/c1-5-47-24-40-36(44-47)28-8-6-26(7-9-28)27-14-17-46(18-15-27)34(48)22-45-19-16-38(23-45,50-4)37(49)41-30-11-12-32-31(20-30)35(43-42-32)29-10-13-33(39-21-29)51-25(2)3/h6-14,20-21,24-25H,5,15-19,22-23H2,1-4H3,(H,41,49)(H,42,43)/t38-/m0/s1/i22D2. The Morgan fingerprint density at radius 2 is 1.86 bits per heavy atom. The Balaban J connectivity index is 0.993. The van der Waals surface area contributed by atoms with Gasteiger partial charge in [-0.25, -0.2) is 9.97 Å². The van der Waals surface area contributed by atoms with Crippen molar-refractivity contribution in [3.8, 4) is 28.5 Å². The monoisotopic (exact) mass is 691 g/mol. The lowest BCUT2D eigenvalue weighted by Gasteiger charge is -2.30. The minimum absolute atomic E-state index is 0.00487. The predicted molar refractivity (Wildman–Crippen MR) is 195 cm³/mol. The van der Waals surface area contributed by atoms with Gasteiger partial charge < -0.3 is 19.7 Å². The number of pyridine rings is 1. The van der Waals surface area contributed by atoms with Crippen LogP contribution in [0, 0.1) is 0 Å². The molecule has 3 aromatic heterocycles. The molecule has 2 N–H and O–H groups in total. The van der Waals surface area contributed by atoms with Crippen molar-refractivity contribution in [3.63, 3.8) is 0 Å². The first-order valence-corrected chi connectivity index (χ1v) is 17.2. The van der Waals surface area contributed by atoms with Crippen LogP contribution < -0.4 is 10.1 Å². The maximum Gasteiger partial charge on any atom is 0.258 e. The lowest BCUT2D eigenvalue weighted by molar-refractivity contribution is -0.138. The van der Waals surface area contributed by atoms with Gasteiger partial charge in [0.05, 0.1) is 20.9 Å². The summed E-state index contributed by atoms with van der Waals surface area (Å²) < 4.78 is 31.0. The number of fused-ring (bicyclic) bond motifs is 1. The molecule has 0 unspecified atom stereocenters. The van der Waals surface area contributed by atoms with E-state index in [1.54, 1.807) is 29.3 Å². The van der Waals surface area contributed by atoms with Gasteiger partial charge in [0.25, 0.3) is 5.91 Å². The van der Waals surface area contributed by atoms with Crippen LogP contribution in [0.15, 0.2) is 73.2 Å². The fraction of sp³-hybridized carbons (Fsp3) is 0.368. The lowest BCUT2D eigenvalue weighted by atomic mass is 9.98. The van der Waals surface area contributed by atoms with E-state index in [4.69, 9.17) is 12.2 Å². The number of amides is 2. The van der Waals surface area contributed by atoms with E-state index >= 15 is 0 Å². The molecule has 51 heavy (non-hydrogen) atoms. The number of aromatic amines is 1. The van der Waals surface area contributed by atoms with Gasteiger partial charge in [0.1, 0.15) is 12.0 Å². The van der Waals surface area contributed by atoms with Gasteiger partial charge in [-0.1, -0.05) is 30.3 Å². The number of hydrogen-bond donors (Lipinski definition) is 2. The van der Waals surface area contributed by atoms with Gasteiger partial charge in [-0.2, -0.15) is 10.2 Å². The zero-order valence-electron chi connectivity index (χ0n) is 31.2. The number of carbonyl (C=O) groups excluding carboxylic acids is 2. The Bertz CT molecular complexity index is 2150. The van der Waals surface area contributed by atoms with Gasteiger partial charge in [-0.05, 0) is 69.0 Å². The van der Waals surface area contributed by atoms with Crippen molar-refractivity contribution in [2.75, 3.05) is 45.1 Å². The Kier molecular flexibility index (Phi) is 8.95. The summed E-state index contributed by atoms with van der Waals surface area (Å²) in [5.74, 6) is 0.139. The number of methoxy groups -OCH3 is 1. The highest BCUT2D eigenvalue weighted by Gasteiger charge is 2.45. The van der Waals surface area contributed by atoms with Gasteiger partial charge in [0.15, 0.2) is 11.4 Å². The molecule has 1 atom stereocenters. The highest BCUT2D eigenvalue weighted by molar-refractivity contribution is 6.01. The second kappa shape index (κ2) is 14.4. The summed E-state index contributed by atoms with van der Waals surface area (Å²) in [5, 5.41) is 15.7. The third-order valence-corrected chi connectivity index (χ3v) is 9.35. The van der Waals surface area contributed by atoms with E-state index in [-0.39, 0.29) is 32.2 Å². The minimum atomic E-state index is -2.34. The molecule has 1 saturated heterocycles. The molecule has 2 aromatic carbocycles. The van der Waals surface area contributed by atoms with Crippen molar-refractivity contribution < 1.29 is 21.8 Å². The SMILES string of the molecule is [2H]C([2H])(C(=O)N1CC=C(c2ccc(-c3ncn(CC)n3)cc2)CC1)N1CC[C@@](OC)(C(=O)Nc2ccc3[nH]nc(-c4ccc(OC(C)C)nc4)c3c2)C1. The second-order valence-electron chi connectivity index (χ2n) is 13.1. The third-order valence-electron chi connectivity index (χ3n) is 9.35. The molecule has 2 amide bonds. The zero-order valence-corrected chi connectivity index (χ0v) is 29.2. The number of anilines is 1. The van der Waals surface area contributed by atoms with Gasteiger partial charge in [-0.15, -0.1) is 0 Å². The molecule has 13 nitrogen and oxygen atoms in total. The highest BCUT2D eigenvalue weighted by atomic mass is 16.5. The van der Waals surface area contributed by atoms with Crippen molar-refractivity contribution in [2.24, 2.45) is 0 Å². The van der Waals surface area contributed by atoms with Gasteiger partial charge in [-0.3, -0.25) is 24.3 Å². The summed E-state index contributed by atoms with van der Waals surface area (Å²) in [4.78, 5) is 39.2. The number of hydrogen-bond acceptors (Lipinski definition) is 9. The molecule has 0 radical (unpaired) electrons. The van der Waals surface area contributed by atoms with Crippen LogP contribution in [0.3, 0.4) is 0 Å². The summed E-state index contributed by atoms with van der Waals surface area (Å²) in [7, 11) is 1.44. The van der Waals surface area contributed by atoms with Gasteiger partial charge in [0.2, 0.25) is 11.8 Å². The Morgan fingerprint density at radius 3 is 2.55 bits per heavy atom. The molecule has 0 spiro atoms. The Labute approximate surface area is 299 Å². The topological polar surface area (TPSA) is 143 Å². The number of rotatable bonds is 11. The quantitative estimate of drug-likeness (QED) is 0.195. The van der Waals surface area contributed by atoms with Crippen molar-refractivity contribution in [3.05, 3.63) is 78.8 Å². The van der Waals surface area contributed by atoms with E-state index in [1.807, 2.05) is 69.3 Å². The van der Waals surface area contributed by atoms with Crippen LogP contribution in [0.5, 0.6) is 5.88 Å². The number of benzene rings is 2. The summed E-state index contributed by atoms with van der Waals surface area (Å²) in [6.07, 6.45) is 6.19. The van der Waals surface area contributed by atoms with Crippen molar-refractivity contribution in [1.82, 2.24) is 39.7 Å². The molecular weight excluding hydrogens is 646 g/mol. The number of aryl methyl sites for hydroxylation is 1. The fourth-order valence-electron chi connectivity index (χ4n) is 6.44.